The van der Waals surface area contributed by atoms with E-state index in [4.69, 9.17) is 0 Å². The van der Waals surface area contributed by atoms with Crippen LogP contribution in [0, 0.1) is 0 Å². The van der Waals surface area contributed by atoms with E-state index in [1.807, 2.05) is 20.8 Å². The van der Waals surface area contributed by atoms with Gasteiger partial charge in [-0.3, -0.25) is 9.59 Å². The number of nitrogens with zero attached hydrogens (tertiary/aromatic N) is 5. The first-order valence-electron chi connectivity index (χ1n) is 8.05. The SMILES string of the molecule is CCSc1nnc(CC(=O)CSc2nc3c(cnn3C(C)C)c(=O)[nH]2)s1. The summed E-state index contributed by atoms with van der Waals surface area (Å²) in [4.78, 5) is 31.5. The first kappa shape index (κ1) is 19.1. The number of carbonyl (C=O) groups is 1. The van der Waals surface area contributed by atoms with E-state index in [1.165, 1.54) is 29.3 Å². The molecule has 0 aliphatic heterocycles. The Bertz CT molecular complexity index is 977. The summed E-state index contributed by atoms with van der Waals surface area (Å²) in [6.07, 6.45) is 1.76. The third-order valence-corrected chi connectivity index (χ3v) is 6.24. The lowest BCUT2D eigenvalue weighted by Crippen LogP contribution is -2.12. The summed E-state index contributed by atoms with van der Waals surface area (Å²) in [6.45, 7) is 5.99. The molecule has 3 aromatic rings. The number of H-pyrrole nitrogens is 1. The molecule has 26 heavy (non-hydrogen) atoms. The Kier molecular flexibility index (Phi) is 6.09. The molecule has 1 N–H and O–H groups in total. The van der Waals surface area contributed by atoms with Crippen LogP contribution in [0.5, 0.6) is 0 Å². The molecule has 0 radical (unpaired) electrons. The molecule has 0 fully saturated rings. The predicted molar refractivity (Wildman–Crippen MR) is 104 cm³/mol. The summed E-state index contributed by atoms with van der Waals surface area (Å²) in [6, 6.07) is 0.0915. The zero-order valence-electron chi connectivity index (χ0n) is 14.6. The lowest BCUT2D eigenvalue weighted by atomic mass is 10.3. The van der Waals surface area contributed by atoms with Gasteiger partial charge in [0.1, 0.15) is 16.2 Å². The number of carbonyl (C=O) groups excluding carboxylic acids is 1. The fourth-order valence-electron chi connectivity index (χ4n) is 2.22. The molecular weight excluding hydrogens is 392 g/mol. The number of hydrogen-bond donors (Lipinski definition) is 1. The summed E-state index contributed by atoms with van der Waals surface area (Å²) in [7, 11) is 0. The van der Waals surface area contributed by atoms with Crippen molar-refractivity contribution in [2.45, 2.75) is 42.7 Å². The highest BCUT2D eigenvalue weighted by Gasteiger charge is 2.14. The molecule has 11 heteroatoms. The molecule has 0 bridgehead atoms. The van der Waals surface area contributed by atoms with Crippen LogP contribution in [0.2, 0.25) is 0 Å². The molecule has 0 aliphatic rings. The average Bonchev–Trinajstić information content (AvgIpc) is 3.20. The van der Waals surface area contributed by atoms with Gasteiger partial charge in [-0.15, -0.1) is 10.2 Å². The Hall–Kier alpha value is -1.72. The van der Waals surface area contributed by atoms with Crippen molar-refractivity contribution >= 4 is 51.7 Å². The number of ketones is 1. The Morgan fingerprint density at radius 2 is 2.15 bits per heavy atom. The topological polar surface area (TPSA) is 106 Å². The number of rotatable bonds is 8. The monoisotopic (exact) mass is 410 g/mol. The lowest BCUT2D eigenvalue weighted by Gasteiger charge is -2.06. The van der Waals surface area contributed by atoms with Crippen molar-refractivity contribution < 1.29 is 4.79 Å². The van der Waals surface area contributed by atoms with E-state index < -0.39 is 0 Å². The Morgan fingerprint density at radius 3 is 2.88 bits per heavy atom. The highest BCUT2D eigenvalue weighted by molar-refractivity contribution is 8.01. The molecule has 138 valence electrons. The summed E-state index contributed by atoms with van der Waals surface area (Å²) < 4.78 is 2.58. The second-order valence-corrected chi connectivity index (χ2v) is 9.23. The van der Waals surface area contributed by atoms with Crippen LogP contribution in [0.3, 0.4) is 0 Å². The van der Waals surface area contributed by atoms with Gasteiger partial charge in [0.15, 0.2) is 15.1 Å². The highest BCUT2D eigenvalue weighted by atomic mass is 32.2. The number of aromatic nitrogens is 6. The third-order valence-electron chi connectivity index (χ3n) is 3.37. The van der Waals surface area contributed by atoms with Gasteiger partial charge in [-0.25, -0.2) is 9.67 Å². The van der Waals surface area contributed by atoms with E-state index in [-0.39, 0.29) is 29.6 Å². The molecular formula is C15H18N6O2S3. The van der Waals surface area contributed by atoms with Gasteiger partial charge in [0.05, 0.1) is 18.4 Å². The molecule has 0 amide bonds. The molecule has 0 atom stereocenters. The number of hydrogen-bond acceptors (Lipinski definition) is 9. The summed E-state index contributed by atoms with van der Waals surface area (Å²) >= 11 is 4.27. The molecule has 8 nitrogen and oxygen atoms in total. The van der Waals surface area contributed by atoms with Gasteiger partial charge in [-0.2, -0.15) is 5.10 Å². The van der Waals surface area contributed by atoms with E-state index in [2.05, 4.69) is 25.3 Å². The van der Waals surface area contributed by atoms with E-state index in [1.54, 1.807) is 16.4 Å². The normalized spacial score (nSPS) is 11.5. The van der Waals surface area contributed by atoms with Crippen LogP contribution in [0.15, 0.2) is 20.5 Å². The van der Waals surface area contributed by atoms with Crippen molar-refractivity contribution in [3.8, 4) is 0 Å². The van der Waals surface area contributed by atoms with E-state index in [0.717, 1.165) is 10.1 Å². The second kappa shape index (κ2) is 8.31. The van der Waals surface area contributed by atoms with Gasteiger partial charge in [0.2, 0.25) is 0 Å². The van der Waals surface area contributed by atoms with Crippen LogP contribution in [0.25, 0.3) is 11.0 Å². The first-order chi connectivity index (χ1) is 12.5. The largest absolute Gasteiger partial charge is 0.301 e. The molecule has 3 aromatic heterocycles. The summed E-state index contributed by atoms with van der Waals surface area (Å²) in [5.41, 5.74) is 0.284. The number of thioether (sulfide) groups is 2. The van der Waals surface area contributed by atoms with Gasteiger partial charge in [0, 0.05) is 6.04 Å². The number of fused-ring (bicyclic) bond motifs is 1. The number of aromatic amines is 1. The van der Waals surface area contributed by atoms with Crippen molar-refractivity contribution in [1.29, 1.82) is 0 Å². The second-order valence-electron chi connectivity index (χ2n) is 5.69. The third kappa shape index (κ3) is 4.33. The van der Waals surface area contributed by atoms with Gasteiger partial charge < -0.3 is 4.98 Å². The summed E-state index contributed by atoms with van der Waals surface area (Å²) in [5.74, 6) is 1.15. The van der Waals surface area contributed by atoms with Gasteiger partial charge in [-0.1, -0.05) is 41.8 Å². The minimum Gasteiger partial charge on any atom is -0.301 e. The minimum absolute atomic E-state index is 0.0133. The molecule has 0 saturated heterocycles. The van der Waals surface area contributed by atoms with E-state index in [9.17, 15) is 9.59 Å². The molecule has 0 saturated carbocycles. The van der Waals surface area contributed by atoms with Crippen LogP contribution in [-0.4, -0.2) is 47.2 Å². The smallest absolute Gasteiger partial charge is 0.262 e. The predicted octanol–water partition coefficient (Wildman–Crippen LogP) is 2.57. The summed E-state index contributed by atoms with van der Waals surface area (Å²) in [5, 5.41) is 13.9. The fraction of sp³-hybridized carbons (Fsp3) is 0.467. The lowest BCUT2D eigenvalue weighted by molar-refractivity contribution is -0.116. The number of nitrogens with one attached hydrogen (secondary N) is 1. The first-order valence-corrected chi connectivity index (χ1v) is 10.8. The van der Waals surface area contributed by atoms with Crippen molar-refractivity contribution in [3.05, 3.63) is 21.6 Å². The highest BCUT2D eigenvalue weighted by Crippen LogP contribution is 2.23. The van der Waals surface area contributed by atoms with Crippen LogP contribution >= 0.6 is 34.9 Å². The van der Waals surface area contributed by atoms with Crippen LogP contribution in [-0.2, 0) is 11.2 Å². The van der Waals surface area contributed by atoms with Crippen molar-refractivity contribution in [2.24, 2.45) is 0 Å². The van der Waals surface area contributed by atoms with Crippen molar-refractivity contribution in [2.75, 3.05) is 11.5 Å². The van der Waals surface area contributed by atoms with Gasteiger partial charge in [-0.05, 0) is 19.6 Å². The molecule has 0 unspecified atom stereocenters. The van der Waals surface area contributed by atoms with E-state index >= 15 is 0 Å². The van der Waals surface area contributed by atoms with Gasteiger partial charge >= 0.3 is 0 Å². The maximum atomic E-state index is 12.2. The molecule has 3 rings (SSSR count). The maximum absolute atomic E-state index is 12.2. The Labute approximate surface area is 162 Å². The van der Waals surface area contributed by atoms with Crippen molar-refractivity contribution in [3.63, 3.8) is 0 Å². The fourth-order valence-corrected chi connectivity index (χ4v) is 4.76. The minimum atomic E-state index is -0.248. The van der Waals surface area contributed by atoms with Crippen LogP contribution < -0.4 is 5.56 Å². The average molecular weight is 411 g/mol. The molecule has 0 aliphatic carbocycles. The standard InChI is InChI=1S/C15H18N6O2S3/c1-4-24-15-20-19-11(26-15)5-9(22)7-25-14-17-12-10(13(23)18-14)6-16-21(12)8(2)3/h6,8H,4-5,7H2,1-3H3,(H,17,18,23). The number of Topliss-reactive ketones (excluding diaryl/α,β-unsaturated/α-hetero) is 1. The molecule has 3 heterocycles. The zero-order chi connectivity index (χ0) is 18.7. The van der Waals surface area contributed by atoms with E-state index in [0.29, 0.717) is 21.2 Å². The van der Waals surface area contributed by atoms with Crippen LogP contribution in [0.1, 0.15) is 31.8 Å². The van der Waals surface area contributed by atoms with Crippen molar-refractivity contribution in [1.82, 2.24) is 29.9 Å². The quantitative estimate of drug-likeness (QED) is 0.446. The van der Waals surface area contributed by atoms with Crippen LogP contribution in [0.4, 0.5) is 0 Å². The zero-order valence-corrected chi connectivity index (χ0v) is 17.0. The maximum Gasteiger partial charge on any atom is 0.262 e. The Balaban J connectivity index is 1.67. The molecule has 0 aromatic carbocycles. The van der Waals surface area contributed by atoms with Gasteiger partial charge in [0.25, 0.3) is 5.56 Å². The molecule has 0 spiro atoms. The Morgan fingerprint density at radius 1 is 1.35 bits per heavy atom.